The summed E-state index contributed by atoms with van der Waals surface area (Å²) in [6, 6.07) is 9.85. The highest BCUT2D eigenvalue weighted by Crippen LogP contribution is 2.28. The number of aryl methyl sites for hydroxylation is 1. The number of nitrogens with one attached hydrogen (secondary N) is 1. The predicted octanol–water partition coefficient (Wildman–Crippen LogP) is 2.49. The molecule has 4 aromatic heterocycles. The Hall–Kier alpha value is -3.02. The predicted molar refractivity (Wildman–Crippen MR) is 78.5 cm³/mol. The molecule has 4 aromatic rings. The van der Waals surface area contributed by atoms with Crippen LogP contribution < -0.4 is 0 Å². The van der Waals surface area contributed by atoms with E-state index in [2.05, 4.69) is 25.3 Å². The molecule has 4 heterocycles. The lowest BCUT2D eigenvalue weighted by atomic mass is 10.1. The Morgan fingerprint density at radius 3 is 3.00 bits per heavy atom. The van der Waals surface area contributed by atoms with Crippen molar-refractivity contribution in [1.82, 2.24) is 29.8 Å². The van der Waals surface area contributed by atoms with Crippen LogP contribution in [0.4, 0.5) is 0 Å². The van der Waals surface area contributed by atoms with Gasteiger partial charge in [-0.2, -0.15) is 10.2 Å². The van der Waals surface area contributed by atoms with Gasteiger partial charge in [0.1, 0.15) is 12.0 Å². The van der Waals surface area contributed by atoms with E-state index in [0.717, 1.165) is 33.9 Å². The summed E-state index contributed by atoms with van der Waals surface area (Å²) in [7, 11) is 0. The largest absolute Gasteiger partial charge is 0.284 e. The van der Waals surface area contributed by atoms with Crippen LogP contribution in [-0.2, 0) is 0 Å². The molecule has 0 aliphatic heterocycles. The molecule has 21 heavy (non-hydrogen) atoms. The van der Waals surface area contributed by atoms with Gasteiger partial charge in [0, 0.05) is 29.2 Å². The molecule has 0 spiro atoms. The van der Waals surface area contributed by atoms with Crippen molar-refractivity contribution >= 4 is 5.65 Å². The lowest BCUT2D eigenvalue weighted by Gasteiger charge is -2.03. The van der Waals surface area contributed by atoms with Crippen molar-refractivity contribution in [3.63, 3.8) is 0 Å². The molecule has 0 radical (unpaired) electrons. The van der Waals surface area contributed by atoms with Crippen molar-refractivity contribution in [3.05, 3.63) is 54.7 Å². The third kappa shape index (κ3) is 1.97. The van der Waals surface area contributed by atoms with E-state index >= 15 is 0 Å². The van der Waals surface area contributed by atoms with Crippen LogP contribution in [0.3, 0.4) is 0 Å². The van der Waals surface area contributed by atoms with E-state index < -0.39 is 0 Å². The molecule has 6 heteroatoms. The third-order valence-corrected chi connectivity index (χ3v) is 3.36. The Labute approximate surface area is 120 Å². The van der Waals surface area contributed by atoms with E-state index in [1.54, 1.807) is 4.52 Å². The molecule has 0 aliphatic rings. The standard InChI is InChI=1S/C15H12N6/c1-10-3-2-4-13(19-10)15-12(7-17-20-15)11-5-6-14-16-9-18-21(14)8-11/h2-9H,1H3,(H,17,20). The first-order valence-electron chi connectivity index (χ1n) is 6.59. The maximum absolute atomic E-state index is 4.54. The Bertz CT molecular complexity index is 920. The fourth-order valence-electron chi connectivity index (χ4n) is 2.36. The smallest absolute Gasteiger partial charge is 0.155 e. The average Bonchev–Trinajstić information content (AvgIpc) is 3.15. The molecule has 0 aliphatic carbocycles. The van der Waals surface area contributed by atoms with Gasteiger partial charge in [-0.15, -0.1) is 0 Å². The zero-order chi connectivity index (χ0) is 14.2. The van der Waals surface area contributed by atoms with Gasteiger partial charge in [-0.3, -0.25) is 10.1 Å². The van der Waals surface area contributed by atoms with Crippen molar-refractivity contribution in [1.29, 1.82) is 0 Å². The fourth-order valence-corrected chi connectivity index (χ4v) is 2.36. The summed E-state index contributed by atoms with van der Waals surface area (Å²) in [4.78, 5) is 8.69. The molecule has 1 N–H and O–H groups in total. The fraction of sp³-hybridized carbons (Fsp3) is 0.0667. The number of pyridine rings is 2. The molecule has 0 atom stereocenters. The minimum Gasteiger partial charge on any atom is -0.284 e. The number of aromatic amines is 1. The molecular weight excluding hydrogens is 264 g/mol. The monoisotopic (exact) mass is 276 g/mol. The van der Waals surface area contributed by atoms with Crippen LogP contribution in [0.25, 0.3) is 28.2 Å². The molecular formula is C15H12N6. The molecule has 0 saturated heterocycles. The van der Waals surface area contributed by atoms with Gasteiger partial charge in [0.2, 0.25) is 0 Å². The number of aromatic nitrogens is 6. The highest BCUT2D eigenvalue weighted by molar-refractivity contribution is 5.78. The number of fused-ring (bicyclic) bond motifs is 1. The molecule has 0 bridgehead atoms. The first-order chi connectivity index (χ1) is 10.3. The maximum Gasteiger partial charge on any atom is 0.155 e. The molecule has 0 fully saturated rings. The Balaban J connectivity index is 1.88. The van der Waals surface area contributed by atoms with Crippen molar-refractivity contribution in [2.24, 2.45) is 0 Å². The van der Waals surface area contributed by atoms with Gasteiger partial charge < -0.3 is 0 Å². The second-order valence-electron chi connectivity index (χ2n) is 4.79. The summed E-state index contributed by atoms with van der Waals surface area (Å²) in [6.45, 7) is 1.97. The van der Waals surface area contributed by atoms with Gasteiger partial charge in [-0.1, -0.05) is 6.07 Å². The van der Waals surface area contributed by atoms with Crippen LogP contribution in [-0.4, -0.2) is 29.8 Å². The highest BCUT2D eigenvalue weighted by atomic mass is 15.3. The zero-order valence-corrected chi connectivity index (χ0v) is 11.4. The van der Waals surface area contributed by atoms with E-state index in [-0.39, 0.29) is 0 Å². The van der Waals surface area contributed by atoms with Gasteiger partial charge in [0.15, 0.2) is 5.65 Å². The highest BCUT2D eigenvalue weighted by Gasteiger charge is 2.12. The number of hydrogen-bond donors (Lipinski definition) is 1. The van der Waals surface area contributed by atoms with E-state index in [1.165, 1.54) is 6.33 Å². The maximum atomic E-state index is 4.54. The van der Waals surface area contributed by atoms with Crippen molar-refractivity contribution in [2.45, 2.75) is 6.92 Å². The van der Waals surface area contributed by atoms with Crippen LogP contribution in [0.2, 0.25) is 0 Å². The second-order valence-corrected chi connectivity index (χ2v) is 4.79. The lowest BCUT2D eigenvalue weighted by Crippen LogP contribution is -1.91. The molecule has 4 rings (SSSR count). The Morgan fingerprint density at radius 2 is 2.10 bits per heavy atom. The molecule has 0 amide bonds. The average molecular weight is 276 g/mol. The van der Waals surface area contributed by atoms with Crippen molar-refractivity contribution in [3.8, 4) is 22.5 Å². The summed E-state index contributed by atoms with van der Waals surface area (Å²) in [5, 5.41) is 11.4. The minimum atomic E-state index is 0.817. The number of nitrogens with zero attached hydrogens (tertiary/aromatic N) is 5. The van der Waals surface area contributed by atoms with Gasteiger partial charge in [0.25, 0.3) is 0 Å². The first-order valence-corrected chi connectivity index (χ1v) is 6.59. The minimum absolute atomic E-state index is 0.817. The summed E-state index contributed by atoms with van der Waals surface area (Å²) in [5.74, 6) is 0. The topological polar surface area (TPSA) is 71.8 Å². The molecule has 102 valence electrons. The van der Waals surface area contributed by atoms with Crippen LogP contribution in [0.5, 0.6) is 0 Å². The molecule has 0 unspecified atom stereocenters. The quantitative estimate of drug-likeness (QED) is 0.610. The number of rotatable bonds is 2. The molecule has 0 aromatic carbocycles. The molecule has 0 saturated carbocycles. The summed E-state index contributed by atoms with van der Waals surface area (Å²) in [6.07, 6.45) is 5.35. The normalized spacial score (nSPS) is 11.1. The zero-order valence-electron chi connectivity index (χ0n) is 11.4. The van der Waals surface area contributed by atoms with Crippen molar-refractivity contribution < 1.29 is 0 Å². The van der Waals surface area contributed by atoms with E-state index in [4.69, 9.17) is 0 Å². The summed E-state index contributed by atoms with van der Waals surface area (Å²) < 4.78 is 1.75. The van der Waals surface area contributed by atoms with E-state index in [9.17, 15) is 0 Å². The second kappa shape index (κ2) is 4.52. The number of hydrogen-bond acceptors (Lipinski definition) is 4. The van der Waals surface area contributed by atoms with Gasteiger partial charge in [-0.05, 0) is 31.2 Å². The van der Waals surface area contributed by atoms with Gasteiger partial charge in [0.05, 0.1) is 5.69 Å². The lowest BCUT2D eigenvalue weighted by molar-refractivity contribution is 0.963. The number of H-pyrrole nitrogens is 1. The van der Waals surface area contributed by atoms with Crippen LogP contribution >= 0.6 is 0 Å². The molecule has 6 nitrogen and oxygen atoms in total. The SMILES string of the molecule is Cc1cccc(-c2n[nH]cc2-c2ccc3ncnn3c2)n1. The van der Waals surface area contributed by atoms with Crippen molar-refractivity contribution in [2.75, 3.05) is 0 Å². The van der Waals surface area contributed by atoms with Crippen LogP contribution in [0.1, 0.15) is 5.69 Å². The van der Waals surface area contributed by atoms with Crippen LogP contribution in [0.15, 0.2) is 49.1 Å². The Morgan fingerprint density at radius 1 is 1.14 bits per heavy atom. The summed E-state index contributed by atoms with van der Waals surface area (Å²) >= 11 is 0. The van der Waals surface area contributed by atoms with E-state index in [0.29, 0.717) is 0 Å². The third-order valence-electron chi connectivity index (χ3n) is 3.36. The Kier molecular flexibility index (Phi) is 2.53. The van der Waals surface area contributed by atoms with Gasteiger partial charge in [-0.25, -0.2) is 9.50 Å². The van der Waals surface area contributed by atoms with E-state index in [1.807, 2.05) is 49.6 Å². The first kappa shape index (κ1) is 11.8. The van der Waals surface area contributed by atoms with Gasteiger partial charge >= 0.3 is 0 Å². The van der Waals surface area contributed by atoms with Crippen LogP contribution in [0, 0.1) is 6.92 Å². The summed E-state index contributed by atoms with van der Waals surface area (Å²) in [5.41, 5.74) is 5.47.